The molecule has 2 aliphatic rings. The van der Waals surface area contributed by atoms with Crippen molar-refractivity contribution in [3.8, 4) is 0 Å². The molecule has 0 spiro atoms. The number of rotatable bonds is 4. The number of hydrogen-bond donors (Lipinski definition) is 0. The molecule has 0 saturated carbocycles. The van der Waals surface area contributed by atoms with Gasteiger partial charge in [-0.25, -0.2) is 0 Å². The molecule has 22 heavy (non-hydrogen) atoms. The van der Waals surface area contributed by atoms with E-state index in [9.17, 15) is 4.79 Å². The van der Waals surface area contributed by atoms with Crippen molar-refractivity contribution < 1.29 is 9.53 Å². The van der Waals surface area contributed by atoms with E-state index in [0.29, 0.717) is 5.92 Å². The number of carbonyl (C=O) groups is 1. The number of carbonyl (C=O) groups excluding carboxylic acids is 1. The molecular weight excluding hydrogens is 278 g/mol. The van der Waals surface area contributed by atoms with Gasteiger partial charge in [-0.3, -0.25) is 9.69 Å². The van der Waals surface area contributed by atoms with Crippen LogP contribution in [0.2, 0.25) is 0 Å². The minimum atomic E-state index is 0.158. The minimum Gasteiger partial charge on any atom is -0.384 e. The maximum absolute atomic E-state index is 11.8. The summed E-state index contributed by atoms with van der Waals surface area (Å²) in [6.45, 7) is 7.30. The zero-order chi connectivity index (χ0) is 15.7. The Kier molecular flexibility index (Phi) is 4.28. The third-order valence-electron chi connectivity index (χ3n) is 5.53. The molecule has 0 aromatic carbocycles. The number of hydrogen-bond acceptors (Lipinski definition) is 3. The van der Waals surface area contributed by atoms with Gasteiger partial charge in [0, 0.05) is 64.6 Å². The third-order valence-corrected chi connectivity index (χ3v) is 5.53. The molecule has 5 heteroatoms. The van der Waals surface area contributed by atoms with Crippen LogP contribution in [0.3, 0.4) is 0 Å². The summed E-state index contributed by atoms with van der Waals surface area (Å²) >= 11 is 0. The van der Waals surface area contributed by atoms with Gasteiger partial charge in [0.25, 0.3) is 0 Å². The average molecular weight is 305 g/mol. The lowest BCUT2D eigenvalue weighted by molar-refractivity contribution is -0.128. The van der Waals surface area contributed by atoms with Gasteiger partial charge in [0.15, 0.2) is 0 Å². The van der Waals surface area contributed by atoms with Crippen molar-refractivity contribution in [2.45, 2.75) is 19.9 Å². The molecule has 2 fully saturated rings. The van der Waals surface area contributed by atoms with Crippen LogP contribution in [-0.4, -0.2) is 60.2 Å². The van der Waals surface area contributed by atoms with Gasteiger partial charge in [-0.1, -0.05) is 0 Å². The SMILES string of the molecule is COC[C@@]12CCN(Cc3cccn3C)C[C@@H]1CN(C(C)=O)C2. The second-order valence-corrected chi connectivity index (χ2v) is 6.99. The highest BCUT2D eigenvalue weighted by Crippen LogP contribution is 2.43. The Balaban J connectivity index is 1.70. The summed E-state index contributed by atoms with van der Waals surface area (Å²) < 4.78 is 7.70. The van der Waals surface area contributed by atoms with E-state index in [1.54, 1.807) is 14.0 Å². The molecule has 2 saturated heterocycles. The smallest absolute Gasteiger partial charge is 0.219 e. The highest BCUT2D eigenvalue weighted by molar-refractivity contribution is 5.73. The summed E-state index contributed by atoms with van der Waals surface area (Å²) in [6.07, 6.45) is 3.21. The number of amides is 1. The lowest BCUT2D eigenvalue weighted by Gasteiger charge is -2.43. The van der Waals surface area contributed by atoms with Crippen LogP contribution in [0.15, 0.2) is 18.3 Å². The van der Waals surface area contributed by atoms with E-state index in [1.165, 1.54) is 5.69 Å². The molecule has 0 aliphatic carbocycles. The summed E-state index contributed by atoms with van der Waals surface area (Å²) in [6, 6.07) is 4.29. The predicted octanol–water partition coefficient (Wildman–Crippen LogP) is 1.34. The van der Waals surface area contributed by atoms with Crippen LogP contribution in [0.4, 0.5) is 0 Å². The second kappa shape index (κ2) is 6.05. The Labute approximate surface area is 132 Å². The first kappa shape index (κ1) is 15.6. The third kappa shape index (κ3) is 2.79. The van der Waals surface area contributed by atoms with E-state index in [4.69, 9.17) is 4.74 Å². The Morgan fingerprint density at radius 3 is 2.91 bits per heavy atom. The van der Waals surface area contributed by atoms with Gasteiger partial charge in [0.2, 0.25) is 5.91 Å². The maximum atomic E-state index is 11.8. The van der Waals surface area contributed by atoms with Crippen LogP contribution in [0, 0.1) is 11.3 Å². The molecule has 2 atom stereocenters. The fourth-order valence-electron chi connectivity index (χ4n) is 4.15. The van der Waals surface area contributed by atoms with E-state index >= 15 is 0 Å². The van der Waals surface area contributed by atoms with Crippen molar-refractivity contribution in [2.24, 2.45) is 18.4 Å². The average Bonchev–Trinajstić information content (AvgIpc) is 3.04. The van der Waals surface area contributed by atoms with Crippen molar-refractivity contribution >= 4 is 5.91 Å². The van der Waals surface area contributed by atoms with Crippen molar-refractivity contribution in [1.82, 2.24) is 14.4 Å². The first-order valence-electron chi connectivity index (χ1n) is 8.11. The second-order valence-electron chi connectivity index (χ2n) is 6.99. The van der Waals surface area contributed by atoms with Gasteiger partial charge < -0.3 is 14.2 Å². The van der Waals surface area contributed by atoms with E-state index in [-0.39, 0.29) is 11.3 Å². The van der Waals surface area contributed by atoms with Crippen LogP contribution in [0.1, 0.15) is 19.0 Å². The van der Waals surface area contributed by atoms with Crippen molar-refractivity contribution in [2.75, 3.05) is 39.9 Å². The summed E-state index contributed by atoms with van der Waals surface area (Å²) in [5.74, 6) is 0.712. The van der Waals surface area contributed by atoms with Crippen LogP contribution in [0.5, 0.6) is 0 Å². The summed E-state index contributed by atoms with van der Waals surface area (Å²) in [5.41, 5.74) is 1.51. The monoisotopic (exact) mass is 305 g/mol. The quantitative estimate of drug-likeness (QED) is 0.842. The van der Waals surface area contributed by atoms with E-state index in [1.807, 2.05) is 4.90 Å². The van der Waals surface area contributed by atoms with Gasteiger partial charge in [-0.15, -0.1) is 0 Å². The lowest BCUT2D eigenvalue weighted by atomic mass is 9.73. The molecule has 3 rings (SSSR count). The molecule has 0 bridgehead atoms. The van der Waals surface area contributed by atoms with Gasteiger partial charge in [-0.05, 0) is 31.0 Å². The van der Waals surface area contributed by atoms with Crippen LogP contribution >= 0.6 is 0 Å². The van der Waals surface area contributed by atoms with E-state index in [0.717, 1.165) is 45.8 Å². The van der Waals surface area contributed by atoms with Gasteiger partial charge in [-0.2, -0.15) is 0 Å². The summed E-state index contributed by atoms with van der Waals surface area (Å²) in [4.78, 5) is 16.3. The van der Waals surface area contributed by atoms with Crippen molar-refractivity contribution in [1.29, 1.82) is 0 Å². The largest absolute Gasteiger partial charge is 0.384 e. The first-order chi connectivity index (χ1) is 10.5. The molecule has 2 aliphatic heterocycles. The van der Waals surface area contributed by atoms with Gasteiger partial charge >= 0.3 is 0 Å². The van der Waals surface area contributed by atoms with Crippen LogP contribution < -0.4 is 0 Å². The van der Waals surface area contributed by atoms with Gasteiger partial charge in [0.05, 0.1) is 6.61 Å². The predicted molar refractivity (Wildman–Crippen MR) is 85.4 cm³/mol. The topological polar surface area (TPSA) is 37.7 Å². The van der Waals surface area contributed by atoms with E-state index < -0.39 is 0 Å². The van der Waals surface area contributed by atoms with Crippen LogP contribution in [0.25, 0.3) is 0 Å². The van der Waals surface area contributed by atoms with Crippen LogP contribution in [-0.2, 0) is 23.1 Å². The molecule has 122 valence electrons. The first-order valence-corrected chi connectivity index (χ1v) is 8.11. The molecule has 1 aromatic heterocycles. The number of aromatic nitrogens is 1. The molecule has 5 nitrogen and oxygen atoms in total. The Bertz CT molecular complexity index is 542. The Morgan fingerprint density at radius 1 is 1.45 bits per heavy atom. The molecule has 0 unspecified atom stereocenters. The summed E-state index contributed by atoms with van der Waals surface area (Å²) in [7, 11) is 3.88. The van der Waals surface area contributed by atoms with Crippen molar-refractivity contribution in [3.63, 3.8) is 0 Å². The number of piperidine rings is 1. The minimum absolute atomic E-state index is 0.158. The Morgan fingerprint density at radius 2 is 2.27 bits per heavy atom. The number of nitrogens with zero attached hydrogens (tertiary/aromatic N) is 3. The van der Waals surface area contributed by atoms with Crippen molar-refractivity contribution in [3.05, 3.63) is 24.0 Å². The molecule has 0 N–H and O–H groups in total. The highest BCUT2D eigenvalue weighted by Gasteiger charge is 2.50. The number of fused-ring (bicyclic) bond motifs is 1. The van der Waals surface area contributed by atoms with Gasteiger partial charge in [0.1, 0.15) is 0 Å². The summed E-state index contributed by atoms with van der Waals surface area (Å²) in [5, 5.41) is 0. The lowest BCUT2D eigenvalue weighted by Crippen LogP contribution is -2.48. The number of aryl methyl sites for hydroxylation is 1. The molecular formula is C17H27N3O2. The maximum Gasteiger partial charge on any atom is 0.219 e. The number of methoxy groups -OCH3 is 1. The van der Waals surface area contributed by atoms with E-state index in [2.05, 4.69) is 34.8 Å². The fourth-order valence-corrected chi connectivity index (χ4v) is 4.15. The molecule has 1 aromatic rings. The molecule has 1 amide bonds. The zero-order valence-electron chi connectivity index (χ0n) is 13.9. The zero-order valence-corrected chi connectivity index (χ0v) is 13.9. The standard InChI is InChI=1S/C17H27N3O2/c1-14(21)20-10-15-9-19(11-16-5-4-7-18(16)2)8-6-17(15,12-20)13-22-3/h4-5,7,15H,6,8-13H2,1-3H3/t15-,17+/m1/s1. The molecule has 0 radical (unpaired) electrons. The Hall–Kier alpha value is -1.33. The number of ether oxygens (including phenoxy) is 1. The molecule has 3 heterocycles. The normalized spacial score (nSPS) is 28.9. The number of likely N-dealkylation sites (tertiary alicyclic amines) is 2. The fraction of sp³-hybridized carbons (Fsp3) is 0.706. The highest BCUT2D eigenvalue weighted by atomic mass is 16.5.